The number of carboxylic acid groups (broad SMARTS) is 1. The van der Waals surface area contributed by atoms with E-state index in [9.17, 15) is 24.8 Å². The number of piperidine rings is 1. The van der Waals surface area contributed by atoms with Crippen LogP contribution in [0.1, 0.15) is 37.2 Å². The number of nitrogens with zero attached hydrogens (tertiary/aromatic N) is 2. The summed E-state index contributed by atoms with van der Waals surface area (Å²) in [5, 5.41) is 21.1. The molecular weight excluding hydrogens is 404 g/mol. The molecule has 1 aliphatic rings. The Hall–Kier alpha value is -3.36. The third-order valence-corrected chi connectivity index (χ3v) is 5.80. The maximum Gasteiger partial charge on any atom is 0.310 e. The van der Waals surface area contributed by atoms with Crippen LogP contribution in [0.15, 0.2) is 36.4 Å². The van der Waals surface area contributed by atoms with Gasteiger partial charge >= 0.3 is 5.97 Å². The summed E-state index contributed by atoms with van der Waals surface area (Å²) in [5.74, 6) is -1.05. The summed E-state index contributed by atoms with van der Waals surface area (Å²) in [6.45, 7) is 1.05. The Morgan fingerprint density at radius 3 is 2.52 bits per heavy atom. The molecule has 1 heterocycles. The molecule has 166 valence electrons. The predicted octanol–water partition coefficient (Wildman–Crippen LogP) is 3.24. The number of methoxy groups -OCH3 is 1. The van der Waals surface area contributed by atoms with Crippen LogP contribution >= 0.6 is 0 Å². The van der Waals surface area contributed by atoms with E-state index in [2.05, 4.69) is 4.84 Å². The van der Waals surface area contributed by atoms with Crippen molar-refractivity contribution in [2.24, 2.45) is 5.92 Å². The minimum absolute atomic E-state index is 0.0456. The highest BCUT2D eigenvalue weighted by Gasteiger charge is 2.26. The second-order valence-electron chi connectivity index (χ2n) is 7.75. The van der Waals surface area contributed by atoms with Crippen molar-refractivity contribution in [1.29, 1.82) is 0 Å². The van der Waals surface area contributed by atoms with Gasteiger partial charge in [-0.2, -0.15) is 0 Å². The van der Waals surface area contributed by atoms with Gasteiger partial charge in [0.05, 0.1) is 19.6 Å². The number of carbonyl (C=O) groups is 2. The first-order chi connectivity index (χ1) is 14.9. The number of fused-ring (bicyclic) bond motifs is 1. The third kappa shape index (κ3) is 5.84. The van der Waals surface area contributed by atoms with E-state index < -0.39 is 17.0 Å². The Morgan fingerprint density at radius 1 is 1.19 bits per heavy atom. The standard InChI is InChI=1S/C22H26N2O7/c1-30-19-5-4-16-12-18(3-2-17(16)13-19)20(22(26)27)6-7-21(25)23-10-8-15(9-11-23)14-31-24(28)29/h2-5,12-13,15,20H,6-11,14H2,1H3,(H,26,27)/t20-/m0/s1. The highest BCUT2D eigenvalue weighted by Crippen LogP contribution is 2.28. The highest BCUT2D eigenvalue weighted by atomic mass is 16.9. The van der Waals surface area contributed by atoms with Crippen LogP contribution in [0.25, 0.3) is 10.8 Å². The Labute approximate surface area is 179 Å². The number of hydrogen-bond donors (Lipinski definition) is 1. The Kier molecular flexibility index (Phi) is 7.28. The summed E-state index contributed by atoms with van der Waals surface area (Å²) < 4.78 is 5.22. The van der Waals surface area contributed by atoms with Crippen molar-refractivity contribution in [1.82, 2.24) is 4.90 Å². The van der Waals surface area contributed by atoms with Crippen molar-refractivity contribution in [3.05, 3.63) is 52.1 Å². The summed E-state index contributed by atoms with van der Waals surface area (Å²) >= 11 is 0. The fourth-order valence-electron chi connectivity index (χ4n) is 3.96. The molecule has 9 nitrogen and oxygen atoms in total. The monoisotopic (exact) mass is 430 g/mol. The summed E-state index contributed by atoms with van der Waals surface area (Å²) in [6.07, 6.45) is 1.61. The number of amides is 1. The number of carboxylic acids is 1. The summed E-state index contributed by atoms with van der Waals surface area (Å²) in [5.41, 5.74) is 0.661. The molecule has 1 aliphatic heterocycles. The van der Waals surface area contributed by atoms with E-state index in [0.29, 0.717) is 31.5 Å². The molecule has 1 saturated heterocycles. The number of ether oxygens (including phenoxy) is 1. The highest BCUT2D eigenvalue weighted by molar-refractivity contribution is 5.87. The summed E-state index contributed by atoms with van der Waals surface area (Å²) in [4.78, 5) is 40.9. The van der Waals surface area contributed by atoms with Crippen LogP contribution in [0.2, 0.25) is 0 Å². The van der Waals surface area contributed by atoms with Gasteiger partial charge in [-0.25, -0.2) is 0 Å². The Morgan fingerprint density at radius 2 is 1.87 bits per heavy atom. The van der Waals surface area contributed by atoms with Gasteiger partial charge in [0.15, 0.2) is 0 Å². The second kappa shape index (κ2) is 10.1. The zero-order valence-electron chi connectivity index (χ0n) is 17.4. The molecule has 0 saturated carbocycles. The average Bonchev–Trinajstić information content (AvgIpc) is 2.77. The molecule has 0 unspecified atom stereocenters. The number of likely N-dealkylation sites (tertiary alicyclic amines) is 1. The van der Waals surface area contributed by atoms with E-state index in [4.69, 9.17) is 4.74 Å². The number of benzene rings is 2. The van der Waals surface area contributed by atoms with Gasteiger partial charge in [-0.05, 0) is 53.6 Å². The zero-order chi connectivity index (χ0) is 22.4. The molecule has 0 bridgehead atoms. The molecule has 1 atom stereocenters. The maximum absolute atomic E-state index is 12.6. The molecule has 1 amide bonds. The molecule has 1 fully saturated rings. The molecule has 9 heteroatoms. The fraction of sp³-hybridized carbons (Fsp3) is 0.455. The number of rotatable bonds is 9. The van der Waals surface area contributed by atoms with Gasteiger partial charge in [-0.1, -0.05) is 24.3 Å². The van der Waals surface area contributed by atoms with Gasteiger partial charge in [0.25, 0.3) is 5.09 Å². The lowest BCUT2D eigenvalue weighted by Crippen LogP contribution is -2.39. The van der Waals surface area contributed by atoms with Crippen LogP contribution in [0.5, 0.6) is 5.75 Å². The van der Waals surface area contributed by atoms with Crippen molar-refractivity contribution < 1.29 is 29.4 Å². The summed E-state index contributed by atoms with van der Waals surface area (Å²) in [6, 6.07) is 11.1. The van der Waals surface area contributed by atoms with Crippen LogP contribution in [-0.2, 0) is 14.4 Å². The van der Waals surface area contributed by atoms with Gasteiger partial charge in [0, 0.05) is 19.5 Å². The first-order valence-electron chi connectivity index (χ1n) is 10.2. The normalized spacial score (nSPS) is 15.5. The van der Waals surface area contributed by atoms with Crippen molar-refractivity contribution in [2.75, 3.05) is 26.8 Å². The average molecular weight is 430 g/mol. The number of aliphatic carboxylic acids is 1. The summed E-state index contributed by atoms with van der Waals surface area (Å²) in [7, 11) is 1.59. The molecule has 0 radical (unpaired) electrons. The SMILES string of the molecule is COc1ccc2cc([C@H](CCC(=O)N3CCC(CO[N+](=O)[O-])CC3)C(=O)O)ccc2c1. The van der Waals surface area contributed by atoms with E-state index >= 15 is 0 Å². The lowest BCUT2D eigenvalue weighted by atomic mass is 9.91. The topological polar surface area (TPSA) is 119 Å². The molecule has 2 aromatic rings. The van der Waals surface area contributed by atoms with Crippen LogP contribution < -0.4 is 4.74 Å². The van der Waals surface area contributed by atoms with Crippen molar-refractivity contribution in [3.8, 4) is 5.75 Å². The Balaban J connectivity index is 1.58. The third-order valence-electron chi connectivity index (χ3n) is 5.80. The van der Waals surface area contributed by atoms with E-state index in [-0.39, 0.29) is 31.3 Å². The van der Waals surface area contributed by atoms with Crippen molar-refractivity contribution in [3.63, 3.8) is 0 Å². The number of carbonyl (C=O) groups excluding carboxylic acids is 1. The second-order valence-corrected chi connectivity index (χ2v) is 7.75. The molecule has 3 rings (SSSR count). The first kappa shape index (κ1) is 22.3. The lowest BCUT2D eigenvalue weighted by molar-refractivity contribution is -0.759. The van der Waals surface area contributed by atoms with Crippen LogP contribution in [-0.4, -0.2) is 53.8 Å². The maximum atomic E-state index is 12.6. The van der Waals surface area contributed by atoms with Gasteiger partial charge in [-0.15, -0.1) is 10.1 Å². The molecule has 1 N–H and O–H groups in total. The predicted molar refractivity (Wildman–Crippen MR) is 112 cm³/mol. The van der Waals surface area contributed by atoms with Gasteiger partial charge in [0.2, 0.25) is 5.91 Å². The molecule has 31 heavy (non-hydrogen) atoms. The molecule has 2 aromatic carbocycles. The fourth-order valence-corrected chi connectivity index (χ4v) is 3.96. The van der Waals surface area contributed by atoms with Crippen LogP contribution in [0, 0.1) is 16.0 Å². The van der Waals surface area contributed by atoms with Crippen molar-refractivity contribution >= 4 is 22.6 Å². The van der Waals surface area contributed by atoms with Gasteiger partial charge in [-0.3, -0.25) is 9.59 Å². The van der Waals surface area contributed by atoms with E-state index in [1.807, 2.05) is 30.3 Å². The lowest BCUT2D eigenvalue weighted by Gasteiger charge is -2.31. The van der Waals surface area contributed by atoms with Crippen LogP contribution in [0.3, 0.4) is 0 Å². The number of hydrogen-bond acceptors (Lipinski definition) is 6. The van der Waals surface area contributed by atoms with Gasteiger partial charge in [0.1, 0.15) is 5.75 Å². The van der Waals surface area contributed by atoms with Gasteiger partial charge < -0.3 is 19.6 Å². The first-order valence-corrected chi connectivity index (χ1v) is 10.2. The largest absolute Gasteiger partial charge is 0.497 e. The smallest absolute Gasteiger partial charge is 0.310 e. The molecule has 0 aliphatic carbocycles. The minimum atomic E-state index is -0.962. The zero-order valence-corrected chi connectivity index (χ0v) is 17.4. The van der Waals surface area contributed by atoms with E-state index in [1.165, 1.54) is 0 Å². The molecule has 0 spiro atoms. The van der Waals surface area contributed by atoms with E-state index in [1.54, 1.807) is 18.1 Å². The van der Waals surface area contributed by atoms with Crippen LogP contribution in [0.4, 0.5) is 0 Å². The quantitative estimate of drug-likeness (QED) is 0.479. The molecular formula is C22H26N2O7. The van der Waals surface area contributed by atoms with Crippen molar-refractivity contribution in [2.45, 2.75) is 31.6 Å². The van der Waals surface area contributed by atoms with E-state index in [0.717, 1.165) is 16.5 Å². The minimum Gasteiger partial charge on any atom is -0.497 e. The molecule has 0 aromatic heterocycles. The Bertz CT molecular complexity index is 954.